The van der Waals surface area contributed by atoms with Crippen LogP contribution in [0.25, 0.3) is 0 Å². The zero-order chi connectivity index (χ0) is 13.0. The molecule has 0 radical (unpaired) electrons. The second-order valence-electron chi connectivity index (χ2n) is 3.52. The molecule has 0 amide bonds. The first-order valence-electron chi connectivity index (χ1n) is 5.58. The third-order valence-electron chi connectivity index (χ3n) is 2.19. The van der Waals surface area contributed by atoms with Gasteiger partial charge in [0, 0.05) is 0 Å². The van der Waals surface area contributed by atoms with Crippen LogP contribution in [0.3, 0.4) is 0 Å². The Morgan fingerprint density at radius 2 is 2.11 bits per heavy atom. The van der Waals surface area contributed by atoms with Crippen molar-refractivity contribution < 1.29 is 13.9 Å². The highest BCUT2D eigenvalue weighted by molar-refractivity contribution is 7.11. The molecule has 0 fully saturated rings. The Labute approximate surface area is 109 Å². The second-order valence-corrected chi connectivity index (χ2v) is 4.48. The van der Waals surface area contributed by atoms with Crippen LogP contribution in [-0.2, 0) is 4.74 Å². The fraction of sp³-hybridized carbons (Fsp3) is 0.231. The van der Waals surface area contributed by atoms with E-state index in [1.165, 1.54) is 11.3 Å². The number of esters is 1. The van der Waals surface area contributed by atoms with Crippen LogP contribution in [0.4, 0.5) is 5.69 Å². The minimum absolute atomic E-state index is 0.349. The molecule has 18 heavy (non-hydrogen) atoms. The Bertz CT molecular complexity index is 598. The Balaban J connectivity index is 2.35. The molecule has 1 aromatic heterocycles. The van der Waals surface area contributed by atoms with E-state index in [1.807, 2.05) is 30.3 Å². The van der Waals surface area contributed by atoms with E-state index in [0.29, 0.717) is 22.1 Å². The molecule has 0 bridgehead atoms. The summed E-state index contributed by atoms with van der Waals surface area (Å²) in [6, 6.07) is 9.44. The van der Waals surface area contributed by atoms with Gasteiger partial charge in [-0.15, -0.1) is 0 Å². The normalized spacial score (nSPS) is 11.6. The van der Waals surface area contributed by atoms with Gasteiger partial charge in [0.1, 0.15) is 5.76 Å². The summed E-state index contributed by atoms with van der Waals surface area (Å²) >= 11 is 1.19. The summed E-state index contributed by atoms with van der Waals surface area (Å²) in [7, 11) is 0. The fourth-order valence-electron chi connectivity index (χ4n) is 1.39. The average molecular weight is 263 g/mol. The van der Waals surface area contributed by atoms with Crippen LogP contribution in [0.2, 0.25) is 0 Å². The van der Waals surface area contributed by atoms with Gasteiger partial charge in [-0.2, -0.15) is 0 Å². The largest absolute Gasteiger partial charge is 0.462 e. The molecule has 1 heterocycles. The van der Waals surface area contributed by atoms with E-state index in [9.17, 15) is 4.79 Å². The molecule has 4 nitrogen and oxygen atoms in total. The molecule has 0 N–H and O–H groups in total. The first-order valence-corrected chi connectivity index (χ1v) is 6.39. The van der Waals surface area contributed by atoms with Crippen molar-refractivity contribution in [2.75, 3.05) is 6.61 Å². The van der Waals surface area contributed by atoms with Gasteiger partial charge in [-0.05, 0) is 26.0 Å². The van der Waals surface area contributed by atoms with Gasteiger partial charge in [-0.1, -0.05) is 29.5 Å². The molecular weight excluding hydrogens is 250 g/mol. The minimum Gasteiger partial charge on any atom is -0.462 e. The predicted molar refractivity (Wildman–Crippen MR) is 68.9 cm³/mol. The Morgan fingerprint density at radius 1 is 1.39 bits per heavy atom. The number of benzene rings is 1. The lowest BCUT2D eigenvalue weighted by Gasteiger charge is -1.96. The lowest BCUT2D eigenvalue weighted by Crippen LogP contribution is -2.03. The van der Waals surface area contributed by atoms with Gasteiger partial charge in [0.05, 0.1) is 12.3 Å². The fourth-order valence-corrected chi connectivity index (χ4v) is 2.21. The second kappa shape index (κ2) is 5.64. The van der Waals surface area contributed by atoms with Crippen molar-refractivity contribution in [3.8, 4) is 0 Å². The van der Waals surface area contributed by atoms with Gasteiger partial charge < -0.3 is 9.15 Å². The highest BCUT2D eigenvalue weighted by Crippen LogP contribution is 2.15. The summed E-state index contributed by atoms with van der Waals surface area (Å²) in [6.07, 6.45) is 0. The summed E-state index contributed by atoms with van der Waals surface area (Å²) < 4.78 is 10.4. The summed E-state index contributed by atoms with van der Waals surface area (Å²) in [4.78, 5) is 16.8. The molecule has 0 saturated carbocycles. The highest BCUT2D eigenvalue weighted by Gasteiger charge is 2.15. The molecule has 5 heteroatoms. The van der Waals surface area contributed by atoms with E-state index in [4.69, 9.17) is 9.15 Å². The molecule has 2 rings (SSSR count). The number of carbonyl (C=O) groups excluding carboxylic acids is 1. The zero-order valence-electron chi connectivity index (χ0n) is 10.2. The molecule has 0 aliphatic carbocycles. The van der Waals surface area contributed by atoms with Crippen LogP contribution in [0.1, 0.15) is 22.4 Å². The van der Waals surface area contributed by atoms with Crippen molar-refractivity contribution in [2.45, 2.75) is 13.8 Å². The van der Waals surface area contributed by atoms with Crippen molar-refractivity contribution in [1.82, 2.24) is 0 Å². The predicted octanol–water partition coefficient (Wildman–Crippen LogP) is 3.06. The van der Waals surface area contributed by atoms with Crippen molar-refractivity contribution in [3.05, 3.63) is 45.8 Å². The van der Waals surface area contributed by atoms with Gasteiger partial charge in [0.25, 0.3) is 4.87 Å². The molecule has 0 unspecified atom stereocenters. The van der Waals surface area contributed by atoms with Gasteiger partial charge in [-0.25, -0.2) is 9.79 Å². The maximum atomic E-state index is 11.6. The Morgan fingerprint density at radius 3 is 2.78 bits per heavy atom. The number of ether oxygens (including phenoxy) is 1. The quantitative estimate of drug-likeness (QED) is 0.800. The minimum atomic E-state index is -0.363. The number of aryl methyl sites for hydroxylation is 1. The first kappa shape index (κ1) is 12.6. The van der Waals surface area contributed by atoms with Gasteiger partial charge in [-0.3, -0.25) is 0 Å². The smallest absolute Gasteiger partial charge is 0.351 e. The van der Waals surface area contributed by atoms with E-state index in [1.54, 1.807) is 13.8 Å². The molecule has 0 atom stereocenters. The number of hydrogen-bond acceptors (Lipinski definition) is 5. The van der Waals surface area contributed by atoms with Gasteiger partial charge >= 0.3 is 5.97 Å². The van der Waals surface area contributed by atoms with Gasteiger partial charge in [0.2, 0.25) is 0 Å². The summed E-state index contributed by atoms with van der Waals surface area (Å²) in [5.74, 6) is 0.173. The average Bonchev–Trinajstić information content (AvgIpc) is 2.72. The van der Waals surface area contributed by atoms with E-state index in [0.717, 1.165) is 5.69 Å². The molecule has 0 aliphatic heterocycles. The van der Waals surface area contributed by atoms with E-state index in [-0.39, 0.29) is 5.97 Å². The van der Waals surface area contributed by atoms with Crippen LogP contribution >= 0.6 is 11.3 Å². The molecule has 0 aliphatic rings. The van der Waals surface area contributed by atoms with Gasteiger partial charge in [0.15, 0.2) is 4.88 Å². The molecular formula is C13H13NO3S. The SMILES string of the molecule is CCOC(=O)c1sc(=Nc2ccccc2)oc1C. The van der Waals surface area contributed by atoms with Crippen LogP contribution in [-0.4, -0.2) is 12.6 Å². The topological polar surface area (TPSA) is 51.8 Å². The van der Waals surface area contributed by atoms with Crippen molar-refractivity contribution in [3.63, 3.8) is 0 Å². The van der Waals surface area contributed by atoms with Crippen molar-refractivity contribution >= 4 is 23.0 Å². The van der Waals surface area contributed by atoms with E-state index in [2.05, 4.69) is 4.99 Å². The highest BCUT2D eigenvalue weighted by atomic mass is 32.1. The number of nitrogens with zero attached hydrogens (tertiary/aromatic N) is 1. The lowest BCUT2D eigenvalue weighted by atomic mass is 10.3. The first-order chi connectivity index (χ1) is 8.70. The Hall–Kier alpha value is -1.88. The monoisotopic (exact) mass is 263 g/mol. The van der Waals surface area contributed by atoms with Crippen molar-refractivity contribution in [1.29, 1.82) is 0 Å². The molecule has 94 valence electrons. The zero-order valence-corrected chi connectivity index (χ0v) is 11.0. The maximum Gasteiger partial charge on any atom is 0.351 e. The van der Waals surface area contributed by atoms with Crippen LogP contribution in [0.5, 0.6) is 0 Å². The standard InChI is InChI=1S/C13H13NO3S/c1-3-16-12(15)11-9(2)17-13(18-11)14-10-7-5-4-6-8-10/h4-8H,3H2,1-2H3. The number of hydrogen-bond donors (Lipinski definition) is 0. The van der Waals surface area contributed by atoms with Crippen LogP contribution in [0.15, 0.2) is 39.7 Å². The van der Waals surface area contributed by atoms with E-state index >= 15 is 0 Å². The lowest BCUT2D eigenvalue weighted by molar-refractivity contribution is 0.0529. The van der Waals surface area contributed by atoms with Crippen LogP contribution < -0.4 is 4.87 Å². The number of carbonyl (C=O) groups is 1. The third-order valence-corrected chi connectivity index (χ3v) is 3.19. The maximum absolute atomic E-state index is 11.6. The van der Waals surface area contributed by atoms with E-state index < -0.39 is 0 Å². The summed E-state index contributed by atoms with van der Waals surface area (Å²) in [5, 5.41) is 0. The molecule has 0 saturated heterocycles. The van der Waals surface area contributed by atoms with Crippen molar-refractivity contribution in [2.24, 2.45) is 4.99 Å². The summed E-state index contributed by atoms with van der Waals surface area (Å²) in [5.41, 5.74) is 0.790. The molecule has 2 aromatic rings. The third kappa shape index (κ3) is 2.87. The Kier molecular flexibility index (Phi) is 3.94. The molecule has 1 aromatic carbocycles. The summed E-state index contributed by atoms with van der Waals surface area (Å²) in [6.45, 7) is 3.85. The molecule has 0 spiro atoms. The number of para-hydroxylation sites is 1. The van der Waals surface area contributed by atoms with Crippen LogP contribution in [0, 0.1) is 6.92 Å². The number of rotatable bonds is 3.